The van der Waals surface area contributed by atoms with Gasteiger partial charge in [0, 0.05) is 17.3 Å². The van der Waals surface area contributed by atoms with Crippen molar-refractivity contribution in [3.05, 3.63) is 10.1 Å². The summed E-state index contributed by atoms with van der Waals surface area (Å²) in [5, 5.41) is 19.3. The second-order valence-corrected chi connectivity index (χ2v) is 3.18. The van der Waals surface area contributed by atoms with E-state index in [9.17, 15) is 10.1 Å². The zero-order chi connectivity index (χ0) is 9.02. The van der Waals surface area contributed by atoms with Gasteiger partial charge < -0.3 is 5.11 Å². The third-order valence-corrected chi connectivity index (χ3v) is 1.62. The van der Waals surface area contributed by atoms with Crippen LogP contribution in [-0.2, 0) is 0 Å². The zero-order valence-electron chi connectivity index (χ0n) is 7.15. The molecule has 0 aromatic heterocycles. The Kier molecular flexibility index (Phi) is 4.03. The summed E-state index contributed by atoms with van der Waals surface area (Å²) in [4.78, 5) is 10.0. The normalized spacial score (nSPS) is 16.5. The molecule has 0 rings (SSSR count). The molecule has 2 atom stereocenters. The fraction of sp³-hybridized carbons (Fsp3) is 1.00. The smallest absolute Gasteiger partial charge is 0.217 e. The topological polar surface area (TPSA) is 63.4 Å². The van der Waals surface area contributed by atoms with Gasteiger partial charge in [-0.2, -0.15) is 0 Å². The molecule has 0 saturated carbocycles. The summed E-state index contributed by atoms with van der Waals surface area (Å²) >= 11 is 0. The predicted molar refractivity (Wildman–Crippen MR) is 41.9 cm³/mol. The van der Waals surface area contributed by atoms with Gasteiger partial charge in [-0.15, -0.1) is 0 Å². The minimum Gasteiger partial charge on any atom is -0.393 e. The van der Waals surface area contributed by atoms with Gasteiger partial charge >= 0.3 is 0 Å². The van der Waals surface area contributed by atoms with Crippen molar-refractivity contribution in [2.75, 3.05) is 0 Å². The second kappa shape index (κ2) is 4.28. The van der Waals surface area contributed by atoms with Crippen molar-refractivity contribution >= 4 is 0 Å². The first kappa shape index (κ1) is 10.4. The molecule has 1 N–H and O–H groups in total. The third-order valence-electron chi connectivity index (χ3n) is 1.62. The van der Waals surface area contributed by atoms with E-state index in [0.29, 0.717) is 0 Å². The summed E-state index contributed by atoms with van der Waals surface area (Å²) in [5.74, 6) is -0.0143. The average molecular weight is 161 g/mol. The number of nitro groups is 1. The van der Waals surface area contributed by atoms with Crippen molar-refractivity contribution in [2.24, 2.45) is 5.92 Å². The number of hydrogen-bond acceptors (Lipinski definition) is 3. The van der Waals surface area contributed by atoms with Crippen LogP contribution < -0.4 is 0 Å². The van der Waals surface area contributed by atoms with Gasteiger partial charge in [0.15, 0.2) is 0 Å². The van der Waals surface area contributed by atoms with Crippen LogP contribution >= 0.6 is 0 Å². The number of aliphatic hydroxyl groups excluding tert-OH is 1. The molecular weight excluding hydrogens is 146 g/mol. The first-order valence-corrected chi connectivity index (χ1v) is 3.76. The highest BCUT2D eigenvalue weighted by molar-refractivity contribution is 4.63. The highest BCUT2D eigenvalue weighted by atomic mass is 16.6. The molecule has 0 heterocycles. The van der Waals surface area contributed by atoms with E-state index in [1.165, 1.54) is 0 Å². The molecule has 0 fully saturated rings. The molecule has 0 aromatic carbocycles. The maximum absolute atomic E-state index is 10.4. The van der Waals surface area contributed by atoms with E-state index in [1.807, 2.05) is 0 Å². The molecule has 0 bridgehead atoms. The molecule has 0 aromatic rings. The molecule has 0 spiro atoms. The van der Waals surface area contributed by atoms with Crippen LogP contribution in [0.2, 0.25) is 0 Å². The highest BCUT2D eigenvalue weighted by Gasteiger charge is 2.25. The fourth-order valence-electron chi connectivity index (χ4n) is 0.951. The van der Waals surface area contributed by atoms with Gasteiger partial charge in [-0.05, 0) is 6.92 Å². The van der Waals surface area contributed by atoms with Crippen LogP contribution in [0.3, 0.4) is 0 Å². The van der Waals surface area contributed by atoms with E-state index < -0.39 is 12.1 Å². The van der Waals surface area contributed by atoms with Gasteiger partial charge in [-0.1, -0.05) is 13.8 Å². The summed E-state index contributed by atoms with van der Waals surface area (Å²) in [6.07, 6.45) is -0.349. The molecule has 0 amide bonds. The van der Waals surface area contributed by atoms with Crippen LogP contribution in [-0.4, -0.2) is 22.2 Å². The number of aliphatic hydroxyl groups is 1. The Morgan fingerprint density at radius 2 is 1.91 bits per heavy atom. The van der Waals surface area contributed by atoms with Crippen molar-refractivity contribution in [3.8, 4) is 0 Å². The maximum atomic E-state index is 10.4. The zero-order valence-corrected chi connectivity index (χ0v) is 7.15. The van der Waals surface area contributed by atoms with Crippen molar-refractivity contribution in [3.63, 3.8) is 0 Å². The monoisotopic (exact) mass is 161 g/mol. The minimum atomic E-state index is -0.616. The molecule has 0 saturated heterocycles. The standard InChI is InChI=1S/C7H15NO3/c1-5(2)7(8(10)11)4-6(3)9/h5-7,9H,4H2,1-3H3. The van der Waals surface area contributed by atoms with Crippen molar-refractivity contribution in [1.82, 2.24) is 0 Å². The van der Waals surface area contributed by atoms with E-state index in [-0.39, 0.29) is 17.3 Å². The van der Waals surface area contributed by atoms with Crippen molar-refractivity contribution in [2.45, 2.75) is 39.3 Å². The van der Waals surface area contributed by atoms with Gasteiger partial charge in [-0.25, -0.2) is 0 Å². The molecule has 0 aliphatic rings. The number of rotatable bonds is 4. The van der Waals surface area contributed by atoms with E-state index in [4.69, 9.17) is 5.11 Å². The van der Waals surface area contributed by atoms with Gasteiger partial charge in [0.25, 0.3) is 0 Å². The Bertz CT molecular complexity index is 134. The molecule has 0 aliphatic heterocycles. The Hall–Kier alpha value is -0.640. The molecule has 11 heavy (non-hydrogen) atoms. The van der Waals surface area contributed by atoms with Gasteiger partial charge in [-0.3, -0.25) is 10.1 Å². The van der Waals surface area contributed by atoms with Crippen LogP contribution in [0.4, 0.5) is 0 Å². The summed E-state index contributed by atoms with van der Waals surface area (Å²) < 4.78 is 0. The summed E-state index contributed by atoms with van der Waals surface area (Å²) in [6.45, 7) is 5.14. The second-order valence-electron chi connectivity index (χ2n) is 3.18. The Morgan fingerprint density at radius 1 is 1.45 bits per heavy atom. The van der Waals surface area contributed by atoms with E-state index in [0.717, 1.165) is 0 Å². The van der Waals surface area contributed by atoms with Crippen LogP contribution in [0.25, 0.3) is 0 Å². The Labute approximate surface area is 66.4 Å². The highest BCUT2D eigenvalue weighted by Crippen LogP contribution is 2.11. The van der Waals surface area contributed by atoms with Crippen molar-refractivity contribution in [1.29, 1.82) is 0 Å². The largest absolute Gasteiger partial charge is 0.393 e. The molecule has 66 valence electrons. The Morgan fingerprint density at radius 3 is 2.00 bits per heavy atom. The predicted octanol–water partition coefficient (Wildman–Crippen LogP) is 1.06. The van der Waals surface area contributed by atoms with Crippen LogP contribution in [0.5, 0.6) is 0 Å². The van der Waals surface area contributed by atoms with E-state index in [1.54, 1.807) is 20.8 Å². The van der Waals surface area contributed by atoms with Gasteiger partial charge in [0.05, 0.1) is 6.10 Å². The molecule has 2 unspecified atom stereocenters. The average Bonchev–Trinajstić information content (AvgIpc) is 1.81. The van der Waals surface area contributed by atoms with Gasteiger partial charge in [0.2, 0.25) is 6.04 Å². The summed E-state index contributed by atoms with van der Waals surface area (Å²) in [5.41, 5.74) is 0. The van der Waals surface area contributed by atoms with E-state index in [2.05, 4.69) is 0 Å². The first-order chi connectivity index (χ1) is 4.95. The third kappa shape index (κ3) is 3.93. The SMILES string of the molecule is CC(O)CC(C(C)C)[N+](=O)[O-]. The minimum absolute atomic E-state index is 0.0143. The quantitative estimate of drug-likeness (QED) is 0.495. The lowest BCUT2D eigenvalue weighted by Gasteiger charge is -2.13. The fourth-order valence-corrected chi connectivity index (χ4v) is 0.951. The number of nitrogens with zero attached hydrogens (tertiary/aromatic N) is 1. The van der Waals surface area contributed by atoms with Crippen LogP contribution in [0.15, 0.2) is 0 Å². The Balaban J connectivity index is 4.01. The lowest BCUT2D eigenvalue weighted by atomic mass is 9.99. The molecule has 0 aliphatic carbocycles. The van der Waals surface area contributed by atoms with E-state index >= 15 is 0 Å². The molecule has 4 nitrogen and oxygen atoms in total. The maximum Gasteiger partial charge on any atom is 0.217 e. The molecular formula is C7H15NO3. The van der Waals surface area contributed by atoms with Crippen molar-refractivity contribution < 1.29 is 10.0 Å². The van der Waals surface area contributed by atoms with Crippen LogP contribution in [0, 0.1) is 16.0 Å². The van der Waals surface area contributed by atoms with Crippen LogP contribution in [0.1, 0.15) is 27.2 Å². The molecule has 0 radical (unpaired) electrons. The first-order valence-electron chi connectivity index (χ1n) is 3.76. The number of hydrogen-bond donors (Lipinski definition) is 1. The summed E-state index contributed by atoms with van der Waals surface area (Å²) in [7, 11) is 0. The van der Waals surface area contributed by atoms with Gasteiger partial charge in [0.1, 0.15) is 0 Å². The summed E-state index contributed by atoms with van der Waals surface area (Å²) in [6, 6.07) is -0.616. The molecule has 4 heteroatoms. The lowest BCUT2D eigenvalue weighted by Crippen LogP contribution is -2.29. The lowest BCUT2D eigenvalue weighted by molar-refractivity contribution is -0.533.